The number of hydrogen-bond donors (Lipinski definition) is 0. The fourth-order valence-corrected chi connectivity index (χ4v) is 2.08. The Labute approximate surface area is 97.2 Å². The molecular weight excluding hydrogens is 182 g/mol. The Kier molecular flexibility index (Phi) is 10.4. The average molecular weight is 213 g/mol. The maximum Gasteiger partial charge on any atom is 0.132 e. The molecule has 15 heavy (non-hydrogen) atoms. The van der Waals surface area contributed by atoms with Gasteiger partial charge in [0.15, 0.2) is 0 Å². The molecule has 1 radical (unpaired) electrons. The fourth-order valence-electron chi connectivity index (χ4n) is 2.08. The van der Waals surface area contributed by atoms with E-state index in [0.717, 1.165) is 6.04 Å². The second-order valence-electron chi connectivity index (χ2n) is 4.96. The van der Waals surface area contributed by atoms with Crippen LogP contribution < -0.4 is 4.90 Å². The minimum atomic E-state index is 0.826. The van der Waals surface area contributed by atoms with Crippen molar-refractivity contribution in [2.24, 2.45) is 0 Å². The van der Waals surface area contributed by atoms with Crippen molar-refractivity contribution in [3.05, 3.63) is 0 Å². The molecule has 1 heteroatoms. The smallest absolute Gasteiger partial charge is 0.132 e. The second-order valence-corrected chi connectivity index (χ2v) is 4.96. The van der Waals surface area contributed by atoms with Gasteiger partial charge in [0, 0.05) is 12.8 Å². The minimum absolute atomic E-state index is 0.826. The van der Waals surface area contributed by atoms with Crippen LogP contribution >= 0.6 is 0 Å². The molecule has 91 valence electrons. The molecule has 0 heterocycles. The molecule has 0 N–H and O–H groups in total. The number of nitrogens with zero attached hydrogens (tertiary/aromatic N) is 1. The van der Waals surface area contributed by atoms with E-state index in [0.29, 0.717) is 0 Å². The maximum absolute atomic E-state index is 2.41. The van der Waals surface area contributed by atoms with Crippen LogP contribution in [0.2, 0.25) is 0 Å². The van der Waals surface area contributed by atoms with E-state index < -0.39 is 0 Å². The maximum atomic E-state index is 2.41. The molecule has 0 fully saturated rings. The summed E-state index contributed by atoms with van der Waals surface area (Å²) in [7, 11) is 4.46. The molecule has 1 nitrogen and oxygen atoms in total. The van der Waals surface area contributed by atoms with Gasteiger partial charge in [-0.3, -0.25) is 0 Å². The first kappa shape index (κ1) is 15.0. The normalized spacial score (nSPS) is 13.4. The van der Waals surface area contributed by atoms with Crippen molar-refractivity contribution in [2.75, 3.05) is 14.1 Å². The summed E-state index contributed by atoms with van der Waals surface area (Å²) in [6.45, 7) is 4.57. The lowest BCUT2D eigenvalue weighted by Crippen LogP contribution is -2.33. The monoisotopic (exact) mass is 213 g/mol. The van der Waals surface area contributed by atoms with Crippen molar-refractivity contribution in [3.8, 4) is 0 Å². The molecule has 0 saturated carbocycles. The van der Waals surface area contributed by atoms with Crippen LogP contribution in [0.5, 0.6) is 0 Å². The Morgan fingerprint density at radius 3 is 1.80 bits per heavy atom. The summed E-state index contributed by atoms with van der Waals surface area (Å²) in [5.41, 5.74) is 0. The van der Waals surface area contributed by atoms with Crippen LogP contribution in [0.25, 0.3) is 0 Å². The average Bonchev–Trinajstić information content (AvgIpc) is 2.21. The highest BCUT2D eigenvalue weighted by atomic mass is 15.1. The first-order valence-corrected chi connectivity index (χ1v) is 6.88. The van der Waals surface area contributed by atoms with Gasteiger partial charge in [-0.1, -0.05) is 46.0 Å². The Bertz CT molecular complexity index is 121. The molecule has 0 spiro atoms. The third-order valence-corrected chi connectivity index (χ3v) is 3.26. The lowest BCUT2D eigenvalue weighted by atomic mass is 10.0. The third-order valence-electron chi connectivity index (χ3n) is 3.26. The summed E-state index contributed by atoms with van der Waals surface area (Å²) in [4.78, 5) is 2.41. The van der Waals surface area contributed by atoms with Gasteiger partial charge in [0.05, 0.1) is 0 Å². The zero-order valence-electron chi connectivity index (χ0n) is 11.4. The van der Waals surface area contributed by atoms with Crippen LogP contribution in [0.1, 0.15) is 71.6 Å². The Hall–Kier alpha value is -0.0400. The van der Waals surface area contributed by atoms with Crippen molar-refractivity contribution in [1.29, 1.82) is 0 Å². The van der Waals surface area contributed by atoms with Crippen molar-refractivity contribution < 1.29 is 0 Å². The first-order chi connectivity index (χ1) is 7.22. The van der Waals surface area contributed by atoms with Crippen molar-refractivity contribution in [1.82, 2.24) is 4.90 Å². The molecule has 0 rings (SSSR count). The summed E-state index contributed by atoms with van der Waals surface area (Å²) in [5, 5.41) is 0. The van der Waals surface area contributed by atoms with E-state index in [1.165, 1.54) is 57.8 Å². The molecule has 1 atom stereocenters. The molecule has 0 aromatic rings. The molecule has 0 bridgehead atoms. The molecule has 1 unspecified atom stereocenters. The predicted octanol–water partition coefficient (Wildman–Crippen LogP) is 4.31. The van der Waals surface area contributed by atoms with Gasteiger partial charge in [-0.05, 0) is 12.8 Å². The van der Waals surface area contributed by atoms with Crippen LogP contribution in [0.4, 0.5) is 0 Å². The van der Waals surface area contributed by atoms with E-state index in [1.54, 1.807) is 0 Å². The summed E-state index contributed by atoms with van der Waals surface area (Å²) >= 11 is 0. The molecule has 0 aromatic heterocycles. The molecule has 0 aliphatic carbocycles. The van der Waals surface area contributed by atoms with Crippen LogP contribution in [-0.4, -0.2) is 20.1 Å². The van der Waals surface area contributed by atoms with Gasteiger partial charge in [-0.15, -0.1) is 0 Å². The topological polar surface area (TPSA) is 5.90 Å². The lowest BCUT2D eigenvalue weighted by molar-refractivity contribution is 0.349. The number of unbranched alkanes of at least 4 members (excludes halogenated alkanes) is 5. The summed E-state index contributed by atoms with van der Waals surface area (Å²) < 4.78 is 0. The molecule has 0 amide bonds. The van der Waals surface area contributed by atoms with E-state index in [2.05, 4.69) is 32.8 Å². The van der Waals surface area contributed by atoms with Crippen LogP contribution in [0, 0.1) is 0 Å². The first-order valence-electron chi connectivity index (χ1n) is 6.88. The van der Waals surface area contributed by atoms with E-state index in [1.807, 2.05) is 0 Å². The van der Waals surface area contributed by atoms with Gasteiger partial charge >= 0.3 is 0 Å². The van der Waals surface area contributed by atoms with Gasteiger partial charge < -0.3 is 0 Å². The highest BCUT2D eigenvalue weighted by Gasteiger charge is 2.17. The zero-order chi connectivity index (χ0) is 11.5. The lowest BCUT2D eigenvalue weighted by Gasteiger charge is -2.15. The van der Waals surface area contributed by atoms with E-state index >= 15 is 0 Å². The van der Waals surface area contributed by atoms with Crippen LogP contribution in [0.15, 0.2) is 0 Å². The quantitative estimate of drug-likeness (QED) is 0.377. The fraction of sp³-hybridized carbons (Fsp3) is 1.00. The van der Waals surface area contributed by atoms with Gasteiger partial charge in [0.1, 0.15) is 20.1 Å². The number of rotatable bonds is 10. The van der Waals surface area contributed by atoms with E-state index in [4.69, 9.17) is 0 Å². The number of hydrogen-bond acceptors (Lipinski definition) is 1. The van der Waals surface area contributed by atoms with Crippen molar-refractivity contribution in [2.45, 2.75) is 77.7 Å². The molecule has 0 aliphatic heterocycles. The molecule has 0 saturated heterocycles. The van der Waals surface area contributed by atoms with Crippen LogP contribution in [0.3, 0.4) is 0 Å². The molecular formula is C14H31N+. The summed E-state index contributed by atoms with van der Waals surface area (Å²) in [5.74, 6) is 0. The van der Waals surface area contributed by atoms with Gasteiger partial charge in [-0.2, -0.15) is 4.90 Å². The van der Waals surface area contributed by atoms with E-state index in [9.17, 15) is 0 Å². The van der Waals surface area contributed by atoms with Gasteiger partial charge in [-0.25, -0.2) is 0 Å². The summed E-state index contributed by atoms with van der Waals surface area (Å²) in [6.07, 6.45) is 12.6. The highest BCUT2D eigenvalue weighted by molar-refractivity contribution is 4.69. The second kappa shape index (κ2) is 10.5. The third kappa shape index (κ3) is 8.92. The van der Waals surface area contributed by atoms with Crippen LogP contribution in [-0.2, 0) is 0 Å². The predicted molar refractivity (Wildman–Crippen MR) is 70.7 cm³/mol. The largest absolute Gasteiger partial charge is 0.173 e. The summed E-state index contributed by atoms with van der Waals surface area (Å²) in [6, 6.07) is 0.826. The molecule has 0 aliphatic rings. The van der Waals surface area contributed by atoms with Crippen molar-refractivity contribution >= 4 is 0 Å². The van der Waals surface area contributed by atoms with Crippen molar-refractivity contribution in [3.63, 3.8) is 0 Å². The van der Waals surface area contributed by atoms with E-state index in [-0.39, 0.29) is 0 Å². The highest BCUT2D eigenvalue weighted by Crippen LogP contribution is 2.13. The SMILES string of the molecule is CCCCCCCC(CCCC)[N+](C)C. The Morgan fingerprint density at radius 2 is 1.27 bits per heavy atom. The Balaban J connectivity index is 3.48. The minimum Gasteiger partial charge on any atom is -0.173 e. The zero-order valence-corrected chi connectivity index (χ0v) is 11.4. The Morgan fingerprint density at radius 1 is 0.733 bits per heavy atom. The molecule has 0 aromatic carbocycles. The van der Waals surface area contributed by atoms with Gasteiger partial charge in [0.25, 0.3) is 0 Å². The van der Waals surface area contributed by atoms with Gasteiger partial charge in [0.2, 0.25) is 0 Å². The standard InChI is InChI=1S/C14H31N/c1-5-7-9-10-11-13-14(15(3)4)12-8-6-2/h14H,5-13H2,1-4H3/q+1.